The summed E-state index contributed by atoms with van der Waals surface area (Å²) in [5.74, 6) is -0.388. The lowest BCUT2D eigenvalue weighted by molar-refractivity contribution is -0.191. The fourth-order valence-electron chi connectivity index (χ4n) is 8.93. The third-order valence-corrected chi connectivity index (χ3v) is 15.4. The van der Waals surface area contributed by atoms with Gasteiger partial charge in [-0.25, -0.2) is 0 Å². The van der Waals surface area contributed by atoms with Crippen LogP contribution in [0.25, 0.3) is 0 Å². The Bertz CT molecular complexity index is 2070. The predicted molar refractivity (Wildman–Crippen MR) is 390 cm³/mol. The summed E-state index contributed by atoms with van der Waals surface area (Å²) in [6.45, 7) is -4.66. The minimum atomic E-state index is -1.63. The number of hydrogen-bond acceptors (Lipinski definition) is 42. The molecule has 20 N–H and O–H groups in total. The van der Waals surface area contributed by atoms with Crippen molar-refractivity contribution in [3.8, 4) is 0 Å². The minimum absolute atomic E-state index is 0.0220. The molecule has 0 aromatic rings. The summed E-state index contributed by atoms with van der Waals surface area (Å²) in [7, 11) is 0. The van der Waals surface area contributed by atoms with Crippen LogP contribution in [0, 0.1) is 5.92 Å². The highest BCUT2D eigenvalue weighted by molar-refractivity contribution is 5.76. The lowest BCUT2D eigenvalue weighted by atomic mass is 10.0. The molecule has 678 valence electrons. The number of rotatable bonds is 86. The van der Waals surface area contributed by atoms with Crippen LogP contribution in [0.3, 0.4) is 0 Å². The number of nitrogens with one attached hydrogen (secondary N) is 1. The average Bonchev–Trinajstić information content (AvgIpc) is 0.850. The summed E-state index contributed by atoms with van der Waals surface area (Å²) >= 11 is 0. The van der Waals surface area contributed by atoms with Crippen molar-refractivity contribution in [1.82, 2.24) is 5.32 Å². The Morgan fingerprint density at radius 1 is 0.265 bits per heavy atom. The molecule has 43 heteroatoms. The molecule has 0 fully saturated rings. The number of hydrogen-bond donors (Lipinski definition) is 20. The summed E-state index contributed by atoms with van der Waals surface area (Å²) < 4.78 is 126. The van der Waals surface area contributed by atoms with E-state index in [1.165, 1.54) is 0 Å². The highest BCUT2D eigenvalue weighted by Gasteiger charge is 2.36. The molecule has 0 aliphatic carbocycles. The van der Waals surface area contributed by atoms with Gasteiger partial charge in [0.25, 0.3) is 0 Å². The maximum Gasteiger partial charge on any atom is 0.220 e. The Hall–Kier alpha value is -2.17. The van der Waals surface area contributed by atoms with E-state index in [0.717, 1.165) is 0 Å². The summed E-state index contributed by atoms with van der Waals surface area (Å²) in [4.78, 5) is 13.9. The number of carbonyl (C=O) groups is 1. The van der Waals surface area contributed by atoms with Gasteiger partial charge in [-0.05, 0) is 33.1 Å². The molecule has 43 nitrogen and oxygen atoms in total. The molecule has 0 saturated heterocycles. The van der Waals surface area contributed by atoms with E-state index in [2.05, 4.69) is 5.32 Å². The van der Waals surface area contributed by atoms with Gasteiger partial charge in [-0.15, -0.1) is 0 Å². The second-order valence-corrected chi connectivity index (χ2v) is 26.7. The van der Waals surface area contributed by atoms with Crippen molar-refractivity contribution >= 4 is 5.91 Å². The average molecular weight is 1670 g/mol. The van der Waals surface area contributed by atoms with Crippen LogP contribution in [-0.2, 0) is 109 Å². The number of carbonyl (C=O) groups excluding carboxylic acids is 1. The number of amides is 1. The first-order valence-electron chi connectivity index (χ1n) is 38.0. The van der Waals surface area contributed by atoms with Gasteiger partial charge in [0.15, 0.2) is 18.9 Å². The summed E-state index contributed by atoms with van der Waals surface area (Å²) in [5.41, 5.74) is -1.63. The van der Waals surface area contributed by atoms with Gasteiger partial charge in [0, 0.05) is 6.42 Å². The van der Waals surface area contributed by atoms with Crippen LogP contribution >= 0.6 is 0 Å². The van der Waals surface area contributed by atoms with Gasteiger partial charge in [-0.1, -0.05) is 13.8 Å². The quantitative estimate of drug-likeness (QED) is 0.0199. The molecule has 1 amide bonds. The molecular weight excluding hydrogens is 1530 g/mol. The number of ether oxygens (including phenoxy) is 22. The highest BCUT2D eigenvalue weighted by Crippen LogP contribution is 2.17. The summed E-state index contributed by atoms with van der Waals surface area (Å²) in [5, 5.41) is 190. The fourth-order valence-corrected chi connectivity index (χ4v) is 8.93. The van der Waals surface area contributed by atoms with E-state index >= 15 is 0 Å². The topological polar surface area (TPSA) is 617 Å². The van der Waals surface area contributed by atoms with Crippen LogP contribution in [0.1, 0.15) is 47.5 Å². The molecule has 0 aromatic heterocycles. The number of aliphatic hydroxyl groups excluding tert-OH is 19. The van der Waals surface area contributed by atoms with E-state index < -0.39 is 234 Å². The summed E-state index contributed by atoms with van der Waals surface area (Å²) in [6.07, 6.45) is -19.0. The zero-order chi connectivity index (χ0) is 84.3. The van der Waals surface area contributed by atoms with Crippen LogP contribution in [0.4, 0.5) is 0 Å². The Morgan fingerprint density at radius 2 is 0.531 bits per heavy atom. The van der Waals surface area contributed by atoms with Gasteiger partial charge in [-0.2, -0.15) is 0 Å². The van der Waals surface area contributed by atoms with E-state index in [1.807, 2.05) is 13.8 Å². The van der Waals surface area contributed by atoms with Crippen molar-refractivity contribution in [1.29, 1.82) is 0 Å². The first-order valence-corrected chi connectivity index (χ1v) is 38.0. The normalized spacial score (nSPS) is 18.0. The van der Waals surface area contributed by atoms with Crippen molar-refractivity contribution in [2.45, 2.75) is 170 Å². The van der Waals surface area contributed by atoms with Crippen molar-refractivity contribution in [2.75, 3.05) is 271 Å². The fraction of sp³-hybridized carbons (Fsp3) is 0.986. The van der Waals surface area contributed by atoms with Gasteiger partial charge >= 0.3 is 0 Å². The van der Waals surface area contributed by atoms with Gasteiger partial charge < -0.3 is 207 Å². The maximum absolute atomic E-state index is 13.9. The first-order chi connectivity index (χ1) is 54.4. The SMILES string of the molecule is CC(C)CCC(=O)NC(COCC(O)COCC(CO)OCC(CO)OCC(CO)OCC(COC(C)OCCOCC(O)CO)OCC(O)CO)(COCC(CO)OCC(CO)OCC(COC(C)OCCO)OCC(COC(C)OCCOCC(O)CO)OCC(O)CO)COCC(CO)OC(CO)COCC(O)CO. The van der Waals surface area contributed by atoms with Gasteiger partial charge in [0.2, 0.25) is 5.91 Å². The summed E-state index contributed by atoms with van der Waals surface area (Å²) in [6, 6.07) is 0. The standard InChI is InChI=1S/C70H141NO42/c1-49(2)6-7-69(91)71-70(48-98-36-65(25-84)113-64(24-83)35-94-28-55(87)16-75,46-96-30-58(90)29-95-33-59(19-78)107-37-61(21-80)109-39-63(23-82)110-43-66(105-31-56(88)17-76)40-103-51(4)100-12-10-92-26-53(85)14-73)47-97-34-60(20-79)108-38-62(22-81)111-44-68(42-102-50(3)99-9-8-72)112-45-67(106-32-57(89)18-77)41-104-52(5)101-13-11-93-27-54(86)15-74/h49-68,72-90H,6-48H2,1-5H3,(H,71,91). The molecule has 0 heterocycles. The van der Waals surface area contributed by atoms with E-state index in [1.54, 1.807) is 20.8 Å². The van der Waals surface area contributed by atoms with E-state index in [0.29, 0.717) is 6.42 Å². The molecular formula is C70H141NO42. The molecule has 113 heavy (non-hydrogen) atoms. The molecule has 0 radical (unpaired) electrons. The van der Waals surface area contributed by atoms with Crippen molar-refractivity contribution in [3.05, 3.63) is 0 Å². The molecule has 0 spiro atoms. The molecule has 0 rings (SSSR count). The molecule has 0 bridgehead atoms. The van der Waals surface area contributed by atoms with E-state index in [4.69, 9.17) is 114 Å². The predicted octanol–water partition coefficient (Wildman–Crippen LogP) is -9.57. The zero-order valence-corrected chi connectivity index (χ0v) is 66.3. The van der Waals surface area contributed by atoms with Crippen LogP contribution in [0.2, 0.25) is 0 Å². The van der Waals surface area contributed by atoms with E-state index in [9.17, 15) is 91.6 Å². The molecule has 0 aromatic carbocycles. The van der Waals surface area contributed by atoms with Crippen LogP contribution in [-0.4, -0.2) is 496 Å². The Balaban J connectivity index is 6.41. The molecule has 20 unspecified atom stereocenters. The monoisotopic (exact) mass is 1670 g/mol. The lowest BCUT2D eigenvalue weighted by Crippen LogP contribution is -2.59. The molecule has 0 saturated carbocycles. The zero-order valence-electron chi connectivity index (χ0n) is 66.3. The molecule has 0 aliphatic rings. The van der Waals surface area contributed by atoms with Crippen LogP contribution in [0.15, 0.2) is 0 Å². The first kappa shape index (κ1) is 111. The second-order valence-electron chi connectivity index (χ2n) is 26.7. The van der Waals surface area contributed by atoms with Gasteiger partial charge in [0.05, 0.1) is 271 Å². The van der Waals surface area contributed by atoms with E-state index in [-0.39, 0.29) is 178 Å². The highest BCUT2D eigenvalue weighted by atomic mass is 16.7. The van der Waals surface area contributed by atoms with Gasteiger partial charge in [0.1, 0.15) is 103 Å². The van der Waals surface area contributed by atoms with Crippen LogP contribution < -0.4 is 5.32 Å². The van der Waals surface area contributed by atoms with Crippen LogP contribution in [0.5, 0.6) is 0 Å². The van der Waals surface area contributed by atoms with Gasteiger partial charge in [-0.3, -0.25) is 4.79 Å². The largest absolute Gasteiger partial charge is 0.394 e. The second kappa shape index (κ2) is 73.7. The third-order valence-electron chi connectivity index (χ3n) is 15.4. The lowest BCUT2D eigenvalue weighted by Gasteiger charge is -2.35. The van der Waals surface area contributed by atoms with Crippen molar-refractivity contribution in [3.63, 3.8) is 0 Å². The molecule has 20 atom stereocenters. The Labute approximate surface area is 661 Å². The smallest absolute Gasteiger partial charge is 0.220 e. The molecule has 0 aliphatic heterocycles. The Morgan fingerprint density at radius 3 is 0.885 bits per heavy atom. The third kappa shape index (κ3) is 61.7. The maximum atomic E-state index is 13.9. The van der Waals surface area contributed by atoms with Crippen molar-refractivity contribution in [2.24, 2.45) is 5.92 Å². The van der Waals surface area contributed by atoms with Crippen molar-refractivity contribution < 1.29 is 206 Å². The minimum Gasteiger partial charge on any atom is -0.394 e. The Kier molecular flexibility index (Phi) is 72.3. The number of aliphatic hydroxyl groups is 19.